The van der Waals surface area contributed by atoms with Crippen LogP contribution in [0.2, 0.25) is 5.02 Å². The summed E-state index contributed by atoms with van der Waals surface area (Å²) < 4.78 is 5.26. The fourth-order valence-corrected chi connectivity index (χ4v) is 2.03. The van der Waals surface area contributed by atoms with Crippen LogP contribution in [0.25, 0.3) is 10.9 Å². The van der Waals surface area contributed by atoms with E-state index in [1.807, 2.05) is 12.1 Å². The van der Waals surface area contributed by atoms with Crippen LogP contribution in [0.15, 0.2) is 24.4 Å². The van der Waals surface area contributed by atoms with Gasteiger partial charge in [0.25, 0.3) is 0 Å². The zero-order valence-electron chi connectivity index (χ0n) is 9.90. The zero-order valence-corrected chi connectivity index (χ0v) is 10.7. The van der Waals surface area contributed by atoms with Crippen molar-refractivity contribution in [2.75, 3.05) is 25.6 Å². The van der Waals surface area contributed by atoms with Crippen LogP contribution in [0, 0.1) is 0 Å². The number of hydrogen-bond acceptors (Lipinski definition) is 4. The van der Waals surface area contributed by atoms with Gasteiger partial charge in [0.15, 0.2) is 0 Å². The van der Waals surface area contributed by atoms with Crippen LogP contribution in [0.1, 0.15) is 5.56 Å². The number of aromatic nitrogens is 1. The zero-order chi connectivity index (χ0) is 13.0. The second-order valence-corrected chi connectivity index (χ2v) is 4.38. The molecule has 0 fully saturated rings. The highest BCUT2D eigenvalue weighted by atomic mass is 35.5. The van der Waals surface area contributed by atoms with Crippen molar-refractivity contribution in [1.29, 1.82) is 0 Å². The van der Waals surface area contributed by atoms with E-state index in [9.17, 15) is 0 Å². The highest BCUT2D eigenvalue weighted by Gasteiger charge is 2.07. The maximum Gasteiger partial charge on any atom is 0.0707 e. The summed E-state index contributed by atoms with van der Waals surface area (Å²) in [5, 5.41) is 10.3. The Labute approximate surface area is 110 Å². The van der Waals surface area contributed by atoms with Crippen molar-refractivity contribution in [1.82, 2.24) is 4.98 Å². The van der Waals surface area contributed by atoms with E-state index in [0.29, 0.717) is 30.3 Å². The van der Waals surface area contributed by atoms with E-state index in [1.165, 1.54) is 0 Å². The van der Waals surface area contributed by atoms with Crippen LogP contribution in [-0.2, 0) is 11.2 Å². The standard InChI is InChI=1S/C13H15ClN2O2/c14-9-1-2-13-11(7-9)10(12(15)8-16-13)3-5-18-6-4-17/h1-2,7-8,17H,3-6,15H2. The normalized spacial score (nSPS) is 11.0. The molecule has 0 radical (unpaired) electrons. The molecular formula is C13H15ClN2O2. The van der Waals surface area contributed by atoms with E-state index < -0.39 is 0 Å². The summed E-state index contributed by atoms with van der Waals surface area (Å²) in [6.45, 7) is 0.873. The third-order valence-corrected chi connectivity index (χ3v) is 2.94. The lowest BCUT2D eigenvalue weighted by Gasteiger charge is -2.10. The first kappa shape index (κ1) is 13.1. The molecule has 1 aromatic carbocycles. The van der Waals surface area contributed by atoms with Crippen molar-refractivity contribution in [3.8, 4) is 0 Å². The van der Waals surface area contributed by atoms with Gasteiger partial charge in [-0.1, -0.05) is 11.6 Å². The summed E-state index contributed by atoms with van der Waals surface area (Å²) in [4.78, 5) is 4.26. The van der Waals surface area contributed by atoms with Crippen molar-refractivity contribution in [3.63, 3.8) is 0 Å². The summed E-state index contributed by atoms with van der Waals surface area (Å²) in [7, 11) is 0. The number of halogens is 1. The first-order valence-electron chi connectivity index (χ1n) is 5.73. The van der Waals surface area contributed by atoms with Crippen LogP contribution < -0.4 is 5.73 Å². The number of fused-ring (bicyclic) bond motifs is 1. The van der Waals surface area contributed by atoms with E-state index in [4.69, 9.17) is 27.2 Å². The fraction of sp³-hybridized carbons (Fsp3) is 0.308. The molecule has 5 heteroatoms. The molecule has 0 aliphatic carbocycles. The highest BCUT2D eigenvalue weighted by molar-refractivity contribution is 6.31. The van der Waals surface area contributed by atoms with Gasteiger partial charge < -0.3 is 15.6 Å². The Bertz CT molecular complexity index is 540. The minimum atomic E-state index is 0.0262. The summed E-state index contributed by atoms with van der Waals surface area (Å²) in [6, 6.07) is 5.54. The van der Waals surface area contributed by atoms with Gasteiger partial charge in [0.1, 0.15) is 0 Å². The van der Waals surface area contributed by atoms with Gasteiger partial charge in [-0.25, -0.2) is 0 Å². The van der Waals surface area contributed by atoms with Gasteiger partial charge in [-0.15, -0.1) is 0 Å². The van der Waals surface area contributed by atoms with Crippen molar-refractivity contribution in [2.45, 2.75) is 6.42 Å². The average molecular weight is 267 g/mol. The van der Waals surface area contributed by atoms with E-state index in [-0.39, 0.29) is 6.61 Å². The molecule has 0 bridgehead atoms. The van der Waals surface area contributed by atoms with Gasteiger partial charge in [-0.2, -0.15) is 0 Å². The number of ether oxygens (including phenoxy) is 1. The molecule has 0 saturated heterocycles. The summed E-state index contributed by atoms with van der Waals surface area (Å²) in [5.41, 5.74) is 8.43. The van der Waals surface area contributed by atoms with Gasteiger partial charge in [0.2, 0.25) is 0 Å². The second kappa shape index (κ2) is 6.00. The van der Waals surface area contributed by atoms with Crippen molar-refractivity contribution < 1.29 is 9.84 Å². The highest BCUT2D eigenvalue weighted by Crippen LogP contribution is 2.25. The molecule has 96 valence electrons. The lowest BCUT2D eigenvalue weighted by molar-refractivity contribution is 0.0946. The van der Waals surface area contributed by atoms with Gasteiger partial charge in [0.05, 0.1) is 37.2 Å². The third kappa shape index (κ3) is 2.90. The van der Waals surface area contributed by atoms with E-state index in [2.05, 4.69) is 4.98 Å². The molecule has 1 heterocycles. The summed E-state index contributed by atoms with van der Waals surface area (Å²) in [6.07, 6.45) is 2.32. The second-order valence-electron chi connectivity index (χ2n) is 3.94. The number of nitrogen functional groups attached to an aromatic ring is 1. The van der Waals surface area contributed by atoms with Crippen molar-refractivity contribution in [3.05, 3.63) is 35.0 Å². The Morgan fingerprint density at radius 2 is 2.17 bits per heavy atom. The Morgan fingerprint density at radius 1 is 1.33 bits per heavy atom. The largest absolute Gasteiger partial charge is 0.397 e. The number of benzene rings is 1. The number of anilines is 1. The minimum Gasteiger partial charge on any atom is -0.397 e. The molecule has 2 rings (SSSR count). The number of aliphatic hydroxyl groups is 1. The molecule has 18 heavy (non-hydrogen) atoms. The van der Waals surface area contributed by atoms with Gasteiger partial charge >= 0.3 is 0 Å². The molecular weight excluding hydrogens is 252 g/mol. The quantitative estimate of drug-likeness (QED) is 0.813. The topological polar surface area (TPSA) is 68.4 Å². The summed E-state index contributed by atoms with van der Waals surface area (Å²) >= 11 is 5.99. The molecule has 0 unspecified atom stereocenters. The SMILES string of the molecule is Nc1cnc2ccc(Cl)cc2c1CCOCCO. The van der Waals surface area contributed by atoms with Crippen molar-refractivity contribution >= 4 is 28.2 Å². The van der Waals surface area contributed by atoms with Crippen LogP contribution >= 0.6 is 11.6 Å². The van der Waals surface area contributed by atoms with E-state index in [0.717, 1.165) is 16.5 Å². The maximum atomic E-state index is 8.65. The number of nitrogens with two attached hydrogens (primary N) is 1. The van der Waals surface area contributed by atoms with Crippen LogP contribution in [0.4, 0.5) is 5.69 Å². The predicted octanol–water partition coefficient (Wildman–Crippen LogP) is 2.02. The van der Waals surface area contributed by atoms with E-state index in [1.54, 1.807) is 12.3 Å². The number of rotatable bonds is 5. The lowest BCUT2D eigenvalue weighted by atomic mass is 10.1. The molecule has 3 N–H and O–H groups in total. The monoisotopic (exact) mass is 266 g/mol. The minimum absolute atomic E-state index is 0.0262. The van der Waals surface area contributed by atoms with Gasteiger partial charge in [0, 0.05) is 10.4 Å². The van der Waals surface area contributed by atoms with Crippen LogP contribution in [0.5, 0.6) is 0 Å². The first-order valence-corrected chi connectivity index (χ1v) is 6.11. The van der Waals surface area contributed by atoms with Crippen molar-refractivity contribution in [2.24, 2.45) is 0 Å². The molecule has 0 saturated carbocycles. The number of aliphatic hydroxyl groups excluding tert-OH is 1. The number of pyridine rings is 1. The third-order valence-electron chi connectivity index (χ3n) is 2.71. The van der Waals surface area contributed by atoms with Crippen LogP contribution in [-0.4, -0.2) is 29.9 Å². The Balaban J connectivity index is 2.29. The predicted molar refractivity (Wildman–Crippen MR) is 72.8 cm³/mol. The van der Waals surface area contributed by atoms with Gasteiger partial charge in [-0.05, 0) is 30.2 Å². The Hall–Kier alpha value is -1.36. The van der Waals surface area contributed by atoms with E-state index >= 15 is 0 Å². The smallest absolute Gasteiger partial charge is 0.0707 e. The summed E-state index contributed by atoms with van der Waals surface area (Å²) in [5.74, 6) is 0. The fourth-order valence-electron chi connectivity index (χ4n) is 1.85. The lowest BCUT2D eigenvalue weighted by Crippen LogP contribution is -2.06. The molecule has 0 aliphatic heterocycles. The first-order chi connectivity index (χ1) is 8.72. The molecule has 2 aromatic rings. The van der Waals surface area contributed by atoms with Crippen LogP contribution in [0.3, 0.4) is 0 Å². The molecule has 0 spiro atoms. The molecule has 0 amide bonds. The Kier molecular flexibility index (Phi) is 4.36. The maximum absolute atomic E-state index is 8.65. The van der Waals surface area contributed by atoms with Gasteiger partial charge in [-0.3, -0.25) is 4.98 Å². The average Bonchev–Trinajstić information content (AvgIpc) is 2.36. The molecule has 1 aromatic heterocycles. The number of nitrogens with zero attached hydrogens (tertiary/aromatic N) is 1. The molecule has 0 atom stereocenters. The molecule has 0 aliphatic rings. The number of hydrogen-bond donors (Lipinski definition) is 2. The molecule has 4 nitrogen and oxygen atoms in total. The Morgan fingerprint density at radius 3 is 2.94 bits per heavy atom.